The Labute approximate surface area is 110 Å². The van der Waals surface area contributed by atoms with Crippen LogP contribution >= 0.6 is 0 Å². The molecule has 0 radical (unpaired) electrons. The Morgan fingerprint density at radius 1 is 1.17 bits per heavy atom. The van der Waals surface area contributed by atoms with Crippen molar-refractivity contribution in [3.63, 3.8) is 0 Å². The second-order valence-corrected chi connectivity index (χ2v) is 5.80. The molecule has 1 aliphatic heterocycles. The molecule has 2 aliphatic rings. The summed E-state index contributed by atoms with van der Waals surface area (Å²) in [7, 11) is 2.19. The molecule has 0 unspecified atom stereocenters. The van der Waals surface area contributed by atoms with Gasteiger partial charge in [0.1, 0.15) is 6.54 Å². The molecule has 0 spiro atoms. The molecule has 0 saturated heterocycles. The normalized spacial score (nSPS) is 20.5. The lowest BCUT2D eigenvalue weighted by atomic mass is 9.89. The summed E-state index contributed by atoms with van der Waals surface area (Å²) in [5.74, 6) is 0.911. The number of para-hydroxylation sites is 1. The Morgan fingerprint density at radius 3 is 2.78 bits per heavy atom. The van der Waals surface area contributed by atoms with Gasteiger partial charge >= 0.3 is 0 Å². The monoisotopic (exact) mass is 243 g/mol. The fourth-order valence-electron chi connectivity index (χ4n) is 3.34. The van der Waals surface area contributed by atoms with Crippen molar-refractivity contribution < 1.29 is 4.58 Å². The maximum Gasteiger partial charge on any atom is 0.218 e. The van der Waals surface area contributed by atoms with Gasteiger partial charge in [-0.3, -0.25) is 0 Å². The van der Waals surface area contributed by atoms with Crippen molar-refractivity contribution in [2.24, 2.45) is 5.92 Å². The molecular weight excluding hydrogens is 220 g/mol. The Morgan fingerprint density at radius 2 is 1.94 bits per heavy atom. The van der Waals surface area contributed by atoms with E-state index in [0.717, 1.165) is 12.6 Å². The third-order valence-corrected chi connectivity index (χ3v) is 4.28. The average molecular weight is 243 g/mol. The van der Waals surface area contributed by atoms with Crippen LogP contribution < -0.4 is 4.90 Å². The number of hydrogen-bond donors (Lipinski definition) is 0. The third-order valence-electron chi connectivity index (χ3n) is 4.28. The van der Waals surface area contributed by atoms with Crippen LogP contribution in [0, 0.1) is 5.92 Å². The van der Waals surface area contributed by atoms with E-state index in [0.29, 0.717) is 0 Å². The zero-order chi connectivity index (χ0) is 12.4. The van der Waals surface area contributed by atoms with Crippen LogP contribution in [0.4, 0.5) is 5.69 Å². The molecule has 2 nitrogen and oxygen atoms in total. The first-order chi connectivity index (χ1) is 8.83. The van der Waals surface area contributed by atoms with Crippen molar-refractivity contribution >= 4 is 11.9 Å². The average Bonchev–Trinajstić information content (AvgIpc) is 2.40. The van der Waals surface area contributed by atoms with E-state index in [2.05, 4.69) is 47.0 Å². The minimum absolute atomic E-state index is 0.911. The van der Waals surface area contributed by atoms with Crippen LogP contribution in [0.5, 0.6) is 0 Å². The van der Waals surface area contributed by atoms with E-state index in [1.54, 1.807) is 0 Å². The van der Waals surface area contributed by atoms with Gasteiger partial charge in [0.25, 0.3) is 0 Å². The summed E-state index contributed by atoms with van der Waals surface area (Å²) in [5, 5.41) is 0. The standard InChI is InChI=1S/C16H23N2/c1-17-13-18(11-14-7-3-2-4-8-14)12-15-9-5-6-10-16(15)17/h5-6,9-10,12,14H,2-4,7-8,11,13H2,1H3/q+1. The largest absolute Gasteiger partial charge is 0.319 e. The van der Waals surface area contributed by atoms with E-state index in [1.165, 1.54) is 49.9 Å². The van der Waals surface area contributed by atoms with Gasteiger partial charge in [-0.05, 0) is 25.0 Å². The van der Waals surface area contributed by atoms with E-state index in [4.69, 9.17) is 0 Å². The highest BCUT2D eigenvalue weighted by Crippen LogP contribution is 2.25. The molecule has 1 aromatic carbocycles. The summed E-state index contributed by atoms with van der Waals surface area (Å²) in [4.78, 5) is 2.36. The summed E-state index contributed by atoms with van der Waals surface area (Å²) in [6.45, 7) is 2.27. The Hall–Kier alpha value is -1.31. The molecule has 0 N–H and O–H groups in total. The van der Waals surface area contributed by atoms with Crippen LogP contribution in [0.25, 0.3) is 0 Å². The fourth-order valence-corrected chi connectivity index (χ4v) is 3.34. The molecular formula is C16H23N2+. The van der Waals surface area contributed by atoms with E-state index >= 15 is 0 Å². The number of hydrogen-bond acceptors (Lipinski definition) is 1. The summed E-state index contributed by atoms with van der Waals surface area (Å²) in [5.41, 5.74) is 2.72. The third kappa shape index (κ3) is 2.43. The van der Waals surface area contributed by atoms with E-state index in [9.17, 15) is 0 Å². The van der Waals surface area contributed by atoms with Crippen molar-refractivity contribution in [2.75, 3.05) is 25.2 Å². The SMILES string of the molecule is CN1C[N+](CC2CCCCC2)=Cc2ccccc21. The Bertz CT molecular complexity index is 444. The van der Waals surface area contributed by atoms with Crippen molar-refractivity contribution in [2.45, 2.75) is 32.1 Å². The lowest BCUT2D eigenvalue weighted by Crippen LogP contribution is -2.37. The van der Waals surface area contributed by atoms with Gasteiger partial charge in [0.2, 0.25) is 6.67 Å². The molecule has 1 aliphatic carbocycles. The first-order valence-corrected chi connectivity index (χ1v) is 7.22. The zero-order valence-corrected chi connectivity index (χ0v) is 11.3. The molecule has 3 rings (SSSR count). The van der Waals surface area contributed by atoms with Gasteiger partial charge < -0.3 is 4.90 Å². The molecule has 0 atom stereocenters. The summed E-state index contributed by atoms with van der Waals surface area (Å²) < 4.78 is 2.50. The molecule has 0 aromatic heterocycles. The molecule has 2 heteroatoms. The summed E-state index contributed by atoms with van der Waals surface area (Å²) >= 11 is 0. The lowest BCUT2D eigenvalue weighted by molar-refractivity contribution is -0.531. The maximum absolute atomic E-state index is 2.50. The first-order valence-electron chi connectivity index (χ1n) is 7.22. The number of benzene rings is 1. The molecule has 1 aromatic rings. The van der Waals surface area contributed by atoms with E-state index < -0.39 is 0 Å². The predicted molar refractivity (Wildman–Crippen MR) is 76.6 cm³/mol. The zero-order valence-electron chi connectivity index (χ0n) is 11.3. The minimum atomic E-state index is 0.911. The Balaban J connectivity index is 1.76. The van der Waals surface area contributed by atoms with Crippen LogP contribution in [0.1, 0.15) is 37.7 Å². The summed E-state index contributed by atoms with van der Waals surface area (Å²) in [6.07, 6.45) is 9.52. The molecule has 1 fully saturated rings. The summed E-state index contributed by atoms with van der Waals surface area (Å²) in [6, 6.07) is 8.69. The van der Waals surface area contributed by atoms with Crippen molar-refractivity contribution in [3.8, 4) is 0 Å². The highest BCUT2D eigenvalue weighted by Gasteiger charge is 2.23. The molecule has 0 amide bonds. The van der Waals surface area contributed by atoms with Gasteiger partial charge in [0, 0.05) is 13.0 Å². The molecule has 1 heterocycles. The van der Waals surface area contributed by atoms with Crippen LogP contribution in [-0.2, 0) is 0 Å². The number of fused-ring (bicyclic) bond motifs is 1. The molecule has 96 valence electrons. The first kappa shape index (κ1) is 11.8. The van der Waals surface area contributed by atoms with Crippen molar-refractivity contribution in [3.05, 3.63) is 29.8 Å². The predicted octanol–water partition coefficient (Wildman–Crippen LogP) is 3.11. The Kier molecular flexibility index (Phi) is 3.35. The number of anilines is 1. The van der Waals surface area contributed by atoms with Gasteiger partial charge in [-0.25, -0.2) is 4.58 Å². The van der Waals surface area contributed by atoms with Crippen LogP contribution in [0.3, 0.4) is 0 Å². The second-order valence-electron chi connectivity index (χ2n) is 5.80. The maximum atomic E-state index is 2.50. The van der Waals surface area contributed by atoms with E-state index in [1.807, 2.05) is 0 Å². The smallest absolute Gasteiger partial charge is 0.218 e. The number of nitrogens with zero attached hydrogens (tertiary/aromatic N) is 2. The van der Waals surface area contributed by atoms with Gasteiger partial charge in [-0.15, -0.1) is 0 Å². The quantitative estimate of drug-likeness (QED) is 0.723. The molecule has 1 saturated carbocycles. The molecule has 18 heavy (non-hydrogen) atoms. The lowest BCUT2D eigenvalue weighted by Gasteiger charge is -2.26. The van der Waals surface area contributed by atoms with E-state index in [-0.39, 0.29) is 0 Å². The topological polar surface area (TPSA) is 6.25 Å². The van der Waals surface area contributed by atoms with Gasteiger partial charge in [-0.1, -0.05) is 31.4 Å². The van der Waals surface area contributed by atoms with Gasteiger partial charge in [0.05, 0.1) is 11.3 Å². The van der Waals surface area contributed by atoms with Crippen LogP contribution in [-0.4, -0.2) is 31.1 Å². The van der Waals surface area contributed by atoms with Crippen molar-refractivity contribution in [1.29, 1.82) is 0 Å². The second kappa shape index (κ2) is 5.13. The molecule has 0 bridgehead atoms. The number of rotatable bonds is 2. The van der Waals surface area contributed by atoms with Gasteiger partial charge in [0.15, 0.2) is 6.21 Å². The minimum Gasteiger partial charge on any atom is -0.319 e. The van der Waals surface area contributed by atoms with Crippen LogP contribution in [0.2, 0.25) is 0 Å². The van der Waals surface area contributed by atoms with Gasteiger partial charge in [-0.2, -0.15) is 0 Å². The highest BCUT2D eigenvalue weighted by atomic mass is 15.3. The highest BCUT2D eigenvalue weighted by molar-refractivity contribution is 5.86. The van der Waals surface area contributed by atoms with Crippen molar-refractivity contribution in [1.82, 2.24) is 0 Å². The fraction of sp³-hybridized carbons (Fsp3) is 0.562. The van der Waals surface area contributed by atoms with Crippen LogP contribution in [0.15, 0.2) is 24.3 Å².